The van der Waals surface area contributed by atoms with Crippen LogP contribution in [0.2, 0.25) is 5.02 Å². The summed E-state index contributed by atoms with van der Waals surface area (Å²) in [6, 6.07) is 5.88. The number of aromatic nitrogens is 3. The van der Waals surface area contributed by atoms with Crippen LogP contribution in [0.4, 0.5) is 0 Å². The molecule has 2 aromatic rings. The van der Waals surface area contributed by atoms with Crippen molar-refractivity contribution >= 4 is 17.6 Å². The summed E-state index contributed by atoms with van der Waals surface area (Å²) < 4.78 is 7.39. The number of aliphatic imine (C=N–C) groups is 1. The van der Waals surface area contributed by atoms with E-state index in [1.54, 1.807) is 7.11 Å². The predicted molar refractivity (Wildman–Crippen MR) is 103 cm³/mol. The highest BCUT2D eigenvalue weighted by atomic mass is 35.5. The summed E-state index contributed by atoms with van der Waals surface area (Å²) in [4.78, 5) is 9.16. The molecule has 0 radical (unpaired) electrons. The van der Waals surface area contributed by atoms with Gasteiger partial charge in [0.1, 0.15) is 17.4 Å². The van der Waals surface area contributed by atoms with E-state index in [2.05, 4.69) is 27.6 Å². The number of hydrogen-bond donors (Lipinski definition) is 2. The van der Waals surface area contributed by atoms with Gasteiger partial charge in [-0.2, -0.15) is 5.10 Å². The molecule has 1 aliphatic rings. The summed E-state index contributed by atoms with van der Waals surface area (Å²) >= 11 is 6.03. The quantitative estimate of drug-likeness (QED) is 0.618. The molecule has 2 N–H and O–H groups in total. The highest BCUT2D eigenvalue weighted by molar-refractivity contribution is 6.30. The standard InChI is InChI=1S/C18H25ClN6O/c1-4-20-18(21-10-13-5-6-14(19)9-16(13)26-3)23-15-7-8-17-22-12(2)24-25(17)11-15/h5-6,9,15H,4,7-8,10-11H2,1-3H3,(H2,20,21,23). The lowest BCUT2D eigenvalue weighted by molar-refractivity contribution is 0.392. The zero-order valence-electron chi connectivity index (χ0n) is 15.4. The second kappa shape index (κ2) is 8.40. The average Bonchev–Trinajstić information content (AvgIpc) is 2.99. The fourth-order valence-corrected chi connectivity index (χ4v) is 3.24. The minimum absolute atomic E-state index is 0.272. The van der Waals surface area contributed by atoms with Gasteiger partial charge in [-0.1, -0.05) is 17.7 Å². The van der Waals surface area contributed by atoms with E-state index in [9.17, 15) is 0 Å². The molecule has 1 aromatic carbocycles. The molecular formula is C18H25ClN6O. The molecule has 0 saturated heterocycles. The van der Waals surface area contributed by atoms with Crippen LogP contribution in [0.15, 0.2) is 23.2 Å². The molecule has 0 fully saturated rings. The van der Waals surface area contributed by atoms with Gasteiger partial charge < -0.3 is 15.4 Å². The number of nitrogens with one attached hydrogen (secondary N) is 2. The van der Waals surface area contributed by atoms with Crippen molar-refractivity contribution in [1.29, 1.82) is 0 Å². The number of ether oxygens (including phenoxy) is 1. The molecule has 26 heavy (non-hydrogen) atoms. The van der Waals surface area contributed by atoms with E-state index in [1.165, 1.54) is 0 Å². The van der Waals surface area contributed by atoms with E-state index < -0.39 is 0 Å². The van der Waals surface area contributed by atoms with Crippen molar-refractivity contribution in [2.75, 3.05) is 13.7 Å². The van der Waals surface area contributed by atoms with Gasteiger partial charge in [0.15, 0.2) is 5.96 Å². The number of nitrogens with zero attached hydrogens (tertiary/aromatic N) is 4. The summed E-state index contributed by atoms with van der Waals surface area (Å²) in [5.41, 5.74) is 0.993. The van der Waals surface area contributed by atoms with Gasteiger partial charge in [-0.25, -0.2) is 14.7 Å². The van der Waals surface area contributed by atoms with Gasteiger partial charge in [0.05, 0.1) is 20.2 Å². The van der Waals surface area contributed by atoms with Gasteiger partial charge in [-0.15, -0.1) is 0 Å². The van der Waals surface area contributed by atoms with Crippen LogP contribution in [-0.2, 0) is 19.5 Å². The van der Waals surface area contributed by atoms with Crippen molar-refractivity contribution < 1.29 is 4.74 Å². The van der Waals surface area contributed by atoms with Crippen molar-refractivity contribution in [3.05, 3.63) is 40.4 Å². The van der Waals surface area contributed by atoms with Gasteiger partial charge in [0.25, 0.3) is 0 Å². The minimum atomic E-state index is 0.272. The van der Waals surface area contributed by atoms with Crippen LogP contribution in [0.3, 0.4) is 0 Å². The van der Waals surface area contributed by atoms with Gasteiger partial charge in [-0.05, 0) is 32.4 Å². The molecule has 0 aliphatic carbocycles. The van der Waals surface area contributed by atoms with Crippen molar-refractivity contribution in [3.63, 3.8) is 0 Å². The molecule has 8 heteroatoms. The molecule has 140 valence electrons. The van der Waals surface area contributed by atoms with Gasteiger partial charge in [-0.3, -0.25) is 0 Å². The topological polar surface area (TPSA) is 76.4 Å². The third-order valence-corrected chi connectivity index (χ3v) is 4.54. The van der Waals surface area contributed by atoms with E-state index in [1.807, 2.05) is 29.8 Å². The molecule has 2 heterocycles. The van der Waals surface area contributed by atoms with Crippen molar-refractivity contribution in [3.8, 4) is 5.75 Å². The molecule has 1 atom stereocenters. The highest BCUT2D eigenvalue weighted by Crippen LogP contribution is 2.23. The second-order valence-electron chi connectivity index (χ2n) is 6.29. The Hall–Kier alpha value is -2.28. The lowest BCUT2D eigenvalue weighted by Gasteiger charge is -2.25. The van der Waals surface area contributed by atoms with Crippen LogP contribution in [-0.4, -0.2) is 40.4 Å². The number of hydrogen-bond acceptors (Lipinski definition) is 4. The first kappa shape index (κ1) is 18.5. The fraction of sp³-hybridized carbons (Fsp3) is 0.500. The van der Waals surface area contributed by atoms with Crippen molar-refractivity contribution in [2.24, 2.45) is 4.99 Å². The Labute approximate surface area is 158 Å². The minimum Gasteiger partial charge on any atom is -0.496 e. The summed E-state index contributed by atoms with van der Waals surface area (Å²) in [7, 11) is 1.64. The van der Waals surface area contributed by atoms with Crippen LogP contribution in [0, 0.1) is 6.92 Å². The molecule has 0 bridgehead atoms. The molecule has 1 unspecified atom stereocenters. The van der Waals surface area contributed by atoms with E-state index >= 15 is 0 Å². The van der Waals surface area contributed by atoms with E-state index in [0.717, 1.165) is 54.9 Å². The number of aryl methyl sites for hydroxylation is 2. The SMILES string of the molecule is CCNC(=NCc1ccc(Cl)cc1OC)NC1CCc2nc(C)nn2C1. The Morgan fingerprint density at radius 2 is 2.31 bits per heavy atom. The van der Waals surface area contributed by atoms with Crippen molar-refractivity contribution in [2.45, 2.75) is 45.8 Å². The smallest absolute Gasteiger partial charge is 0.191 e. The normalized spacial score (nSPS) is 16.9. The fourth-order valence-electron chi connectivity index (χ4n) is 3.08. The molecule has 0 saturated carbocycles. The van der Waals surface area contributed by atoms with E-state index in [4.69, 9.17) is 21.3 Å². The Bertz CT molecular complexity index is 788. The van der Waals surface area contributed by atoms with Crippen molar-refractivity contribution in [1.82, 2.24) is 25.4 Å². The number of fused-ring (bicyclic) bond motifs is 1. The molecule has 0 spiro atoms. The maximum Gasteiger partial charge on any atom is 0.191 e. The largest absolute Gasteiger partial charge is 0.496 e. The van der Waals surface area contributed by atoms with Crippen LogP contribution in [0.1, 0.15) is 30.6 Å². The van der Waals surface area contributed by atoms with Gasteiger partial charge in [0.2, 0.25) is 0 Å². The average molecular weight is 377 g/mol. The first-order chi connectivity index (χ1) is 12.6. The Balaban J connectivity index is 1.68. The summed E-state index contributed by atoms with van der Waals surface area (Å²) in [5.74, 6) is 3.43. The third-order valence-electron chi connectivity index (χ3n) is 4.31. The number of methoxy groups -OCH3 is 1. The number of rotatable bonds is 5. The maximum atomic E-state index is 6.03. The van der Waals surface area contributed by atoms with Gasteiger partial charge >= 0.3 is 0 Å². The Kier molecular flexibility index (Phi) is 5.98. The Morgan fingerprint density at radius 3 is 3.08 bits per heavy atom. The maximum absolute atomic E-state index is 6.03. The second-order valence-corrected chi connectivity index (χ2v) is 6.73. The zero-order valence-corrected chi connectivity index (χ0v) is 16.2. The molecule has 1 aliphatic heterocycles. The number of guanidine groups is 1. The predicted octanol–water partition coefficient (Wildman–Crippen LogP) is 2.32. The summed E-state index contributed by atoms with van der Waals surface area (Å²) in [6.45, 7) is 6.09. The number of benzene rings is 1. The first-order valence-corrected chi connectivity index (χ1v) is 9.24. The monoisotopic (exact) mass is 376 g/mol. The molecule has 1 aromatic heterocycles. The third kappa shape index (κ3) is 4.46. The zero-order chi connectivity index (χ0) is 18.5. The van der Waals surface area contributed by atoms with E-state index in [-0.39, 0.29) is 6.04 Å². The molecule has 3 rings (SSSR count). The van der Waals surface area contributed by atoms with Crippen LogP contribution >= 0.6 is 11.6 Å². The molecule has 0 amide bonds. The highest BCUT2D eigenvalue weighted by Gasteiger charge is 2.21. The van der Waals surface area contributed by atoms with Gasteiger partial charge in [0, 0.05) is 29.6 Å². The Morgan fingerprint density at radius 1 is 1.46 bits per heavy atom. The molecular weight excluding hydrogens is 352 g/mol. The first-order valence-electron chi connectivity index (χ1n) is 8.86. The summed E-state index contributed by atoms with van der Waals surface area (Å²) in [6.07, 6.45) is 1.93. The summed E-state index contributed by atoms with van der Waals surface area (Å²) in [5, 5.41) is 11.9. The van der Waals surface area contributed by atoms with Crippen LogP contribution < -0.4 is 15.4 Å². The molecule has 7 nitrogen and oxygen atoms in total. The lowest BCUT2D eigenvalue weighted by atomic mass is 10.1. The van der Waals surface area contributed by atoms with E-state index in [0.29, 0.717) is 11.6 Å². The lowest BCUT2D eigenvalue weighted by Crippen LogP contribution is -2.47. The van der Waals surface area contributed by atoms with Crippen LogP contribution in [0.5, 0.6) is 5.75 Å². The van der Waals surface area contributed by atoms with Crippen LogP contribution in [0.25, 0.3) is 0 Å². The number of halogens is 1.